The van der Waals surface area contributed by atoms with Crippen LogP contribution in [0.25, 0.3) is 11.1 Å². The summed E-state index contributed by atoms with van der Waals surface area (Å²) in [6.07, 6.45) is -0.851. The van der Waals surface area contributed by atoms with E-state index in [2.05, 4.69) is 0 Å². The molecule has 0 saturated heterocycles. The number of aliphatic hydroxyl groups excluding tert-OH is 1. The maximum absolute atomic E-state index is 13.0. The van der Waals surface area contributed by atoms with E-state index in [-0.39, 0.29) is 6.54 Å². The number of nitrogens with zero attached hydrogens (tertiary/aromatic N) is 1. The first-order valence-corrected chi connectivity index (χ1v) is 13.2. The van der Waals surface area contributed by atoms with Gasteiger partial charge in [0.05, 0.1) is 31.9 Å². The Morgan fingerprint density at radius 3 is 2.36 bits per heavy atom. The number of halogens is 1. The van der Waals surface area contributed by atoms with Crippen molar-refractivity contribution >= 4 is 23.7 Å². The van der Waals surface area contributed by atoms with Gasteiger partial charge in [-0.25, -0.2) is 9.59 Å². The fourth-order valence-electron chi connectivity index (χ4n) is 4.00. The van der Waals surface area contributed by atoms with E-state index in [1.165, 1.54) is 4.90 Å². The molecular formula is C31H36ClNO6. The summed E-state index contributed by atoms with van der Waals surface area (Å²) in [5, 5.41) is 11.3. The van der Waals surface area contributed by atoms with Crippen LogP contribution in [0.2, 0.25) is 5.02 Å². The van der Waals surface area contributed by atoms with Crippen molar-refractivity contribution in [2.45, 2.75) is 45.8 Å². The second kappa shape index (κ2) is 13.5. The zero-order chi connectivity index (χ0) is 28.6. The average Bonchev–Trinajstić information content (AvgIpc) is 2.90. The summed E-state index contributed by atoms with van der Waals surface area (Å²) in [5.74, 6) is 0.173. The minimum atomic E-state index is -0.913. The second-order valence-corrected chi connectivity index (χ2v) is 10.5. The molecule has 3 aromatic carbocycles. The summed E-state index contributed by atoms with van der Waals surface area (Å²) < 4.78 is 16.2. The fraction of sp³-hybridized carbons (Fsp3) is 0.355. The highest BCUT2D eigenvalue weighted by atomic mass is 35.5. The van der Waals surface area contributed by atoms with E-state index < -0.39 is 23.8 Å². The third-order valence-corrected chi connectivity index (χ3v) is 6.16. The molecular weight excluding hydrogens is 518 g/mol. The third kappa shape index (κ3) is 8.73. The lowest BCUT2D eigenvalue weighted by Crippen LogP contribution is -2.40. The van der Waals surface area contributed by atoms with Crippen LogP contribution in [0.15, 0.2) is 66.7 Å². The van der Waals surface area contributed by atoms with Gasteiger partial charge in [-0.1, -0.05) is 48.0 Å². The number of benzene rings is 3. The van der Waals surface area contributed by atoms with Crippen LogP contribution < -0.4 is 4.74 Å². The summed E-state index contributed by atoms with van der Waals surface area (Å²) in [6.45, 7) is 7.91. The molecule has 0 aliphatic carbocycles. The predicted octanol–water partition coefficient (Wildman–Crippen LogP) is 6.71. The van der Waals surface area contributed by atoms with Crippen molar-refractivity contribution in [2.24, 2.45) is 0 Å². The summed E-state index contributed by atoms with van der Waals surface area (Å²) in [4.78, 5) is 26.6. The SMILES string of the molecule is CCOC(=O)c1ccc(-c2ccc(CCN(C[C@H](O)c3cccc(Cl)c3)C(=O)OC(C)(C)C)cc2)c(OC)c1. The highest BCUT2D eigenvalue weighted by molar-refractivity contribution is 6.30. The Bertz CT molecular complexity index is 1270. The lowest BCUT2D eigenvalue weighted by Gasteiger charge is -2.29. The Balaban J connectivity index is 1.74. The van der Waals surface area contributed by atoms with E-state index >= 15 is 0 Å². The Hall–Kier alpha value is -3.55. The molecule has 3 rings (SSSR count). The number of ether oxygens (including phenoxy) is 3. The smallest absolute Gasteiger partial charge is 0.410 e. The summed E-state index contributed by atoms with van der Waals surface area (Å²) in [7, 11) is 1.56. The molecule has 0 heterocycles. The molecule has 3 aromatic rings. The minimum Gasteiger partial charge on any atom is -0.496 e. The van der Waals surface area contributed by atoms with Crippen molar-refractivity contribution in [1.29, 1.82) is 0 Å². The molecule has 0 aliphatic heterocycles. The molecule has 1 N–H and O–H groups in total. The maximum Gasteiger partial charge on any atom is 0.410 e. The molecule has 0 aliphatic rings. The Morgan fingerprint density at radius 1 is 1.03 bits per heavy atom. The molecule has 0 spiro atoms. The van der Waals surface area contributed by atoms with Crippen LogP contribution in [0.5, 0.6) is 5.75 Å². The van der Waals surface area contributed by atoms with Crippen molar-refractivity contribution in [3.8, 4) is 16.9 Å². The number of methoxy groups -OCH3 is 1. The molecule has 0 bridgehead atoms. The van der Waals surface area contributed by atoms with Crippen LogP contribution in [-0.4, -0.2) is 54.5 Å². The van der Waals surface area contributed by atoms with Gasteiger partial charge in [-0.3, -0.25) is 0 Å². The zero-order valence-electron chi connectivity index (χ0n) is 23.1. The van der Waals surface area contributed by atoms with E-state index in [1.807, 2.05) is 51.1 Å². The van der Waals surface area contributed by atoms with Crippen molar-refractivity contribution in [2.75, 3.05) is 26.8 Å². The first-order chi connectivity index (χ1) is 18.5. The van der Waals surface area contributed by atoms with Gasteiger partial charge in [-0.05, 0) is 81.1 Å². The highest BCUT2D eigenvalue weighted by Gasteiger charge is 2.25. The van der Waals surface area contributed by atoms with Crippen LogP contribution in [-0.2, 0) is 15.9 Å². The van der Waals surface area contributed by atoms with Crippen LogP contribution >= 0.6 is 11.6 Å². The fourth-order valence-corrected chi connectivity index (χ4v) is 4.20. The first-order valence-electron chi connectivity index (χ1n) is 12.9. The minimum absolute atomic E-state index is 0.0668. The standard InChI is InChI=1S/C31H36ClNO6/c1-6-38-29(35)24-14-15-26(28(19-24)37-5)22-12-10-21(11-13-22)16-17-33(30(36)39-31(2,3)4)20-27(34)23-8-7-9-25(32)18-23/h7-15,18-19,27,34H,6,16-17,20H2,1-5H3/t27-/m0/s1. The summed E-state index contributed by atoms with van der Waals surface area (Å²) >= 11 is 6.08. The third-order valence-electron chi connectivity index (χ3n) is 5.93. The molecule has 0 saturated carbocycles. The Labute approximate surface area is 235 Å². The van der Waals surface area contributed by atoms with Gasteiger partial charge in [0.25, 0.3) is 0 Å². The molecule has 0 radical (unpaired) electrons. The van der Waals surface area contributed by atoms with E-state index in [4.69, 9.17) is 25.8 Å². The van der Waals surface area contributed by atoms with Crippen molar-refractivity contribution in [3.05, 3.63) is 88.4 Å². The number of carbonyl (C=O) groups excluding carboxylic acids is 2. The van der Waals surface area contributed by atoms with Gasteiger partial charge in [-0.2, -0.15) is 0 Å². The van der Waals surface area contributed by atoms with E-state index in [1.54, 1.807) is 50.4 Å². The van der Waals surface area contributed by atoms with Gasteiger partial charge in [0.1, 0.15) is 11.4 Å². The number of aliphatic hydroxyl groups is 1. The summed E-state index contributed by atoms with van der Waals surface area (Å²) in [5.41, 5.74) is 3.16. The number of hydrogen-bond donors (Lipinski definition) is 1. The molecule has 208 valence electrons. The summed E-state index contributed by atoms with van der Waals surface area (Å²) in [6, 6.07) is 20.1. The molecule has 8 heteroatoms. The Kier molecular flexibility index (Phi) is 10.4. The molecule has 0 aromatic heterocycles. The maximum atomic E-state index is 13.0. The van der Waals surface area contributed by atoms with Gasteiger partial charge >= 0.3 is 12.1 Å². The highest BCUT2D eigenvalue weighted by Crippen LogP contribution is 2.31. The normalized spacial score (nSPS) is 12.0. The van der Waals surface area contributed by atoms with E-state index in [0.29, 0.717) is 41.5 Å². The van der Waals surface area contributed by atoms with Crippen molar-refractivity contribution < 1.29 is 28.9 Å². The second-order valence-electron chi connectivity index (χ2n) is 10.1. The van der Waals surface area contributed by atoms with Crippen molar-refractivity contribution in [1.82, 2.24) is 4.90 Å². The molecule has 1 amide bonds. The molecule has 0 unspecified atom stereocenters. The van der Waals surface area contributed by atoms with Gasteiger partial charge in [0.2, 0.25) is 0 Å². The monoisotopic (exact) mass is 553 g/mol. The Morgan fingerprint density at radius 2 is 1.74 bits per heavy atom. The molecule has 0 fully saturated rings. The number of rotatable bonds is 10. The van der Waals surface area contributed by atoms with Gasteiger partial charge < -0.3 is 24.2 Å². The molecule has 1 atom stereocenters. The lowest BCUT2D eigenvalue weighted by molar-refractivity contribution is 0.0147. The van der Waals surface area contributed by atoms with Crippen LogP contribution in [0.1, 0.15) is 55.3 Å². The van der Waals surface area contributed by atoms with Gasteiger partial charge in [0.15, 0.2) is 0 Å². The van der Waals surface area contributed by atoms with E-state index in [0.717, 1.165) is 16.7 Å². The van der Waals surface area contributed by atoms with Gasteiger partial charge in [-0.15, -0.1) is 0 Å². The number of carbonyl (C=O) groups is 2. The molecule has 39 heavy (non-hydrogen) atoms. The number of amides is 1. The van der Waals surface area contributed by atoms with E-state index in [9.17, 15) is 14.7 Å². The topological polar surface area (TPSA) is 85.3 Å². The lowest BCUT2D eigenvalue weighted by atomic mass is 10.00. The average molecular weight is 554 g/mol. The van der Waals surface area contributed by atoms with Gasteiger partial charge in [0, 0.05) is 17.1 Å². The quantitative estimate of drug-likeness (QED) is 0.281. The zero-order valence-corrected chi connectivity index (χ0v) is 23.8. The first kappa shape index (κ1) is 30.0. The number of hydrogen-bond acceptors (Lipinski definition) is 6. The van der Waals surface area contributed by atoms with Crippen molar-refractivity contribution in [3.63, 3.8) is 0 Å². The molecule has 7 nitrogen and oxygen atoms in total. The number of esters is 1. The van der Waals surface area contributed by atoms with Crippen LogP contribution in [0.4, 0.5) is 4.79 Å². The largest absolute Gasteiger partial charge is 0.496 e. The van der Waals surface area contributed by atoms with Crippen LogP contribution in [0, 0.1) is 0 Å². The predicted molar refractivity (Wildman–Crippen MR) is 152 cm³/mol. The van der Waals surface area contributed by atoms with Crippen LogP contribution in [0.3, 0.4) is 0 Å².